The fourth-order valence-corrected chi connectivity index (χ4v) is 4.56. The molecule has 0 saturated carbocycles. The van der Waals surface area contributed by atoms with Crippen LogP contribution in [-0.2, 0) is 4.79 Å². The molecule has 0 radical (unpaired) electrons. The first-order valence-electron chi connectivity index (χ1n) is 10.2. The number of imidazole rings is 1. The smallest absolute Gasteiger partial charge is 0.233 e. The van der Waals surface area contributed by atoms with Gasteiger partial charge in [-0.2, -0.15) is 0 Å². The first kappa shape index (κ1) is 19.8. The summed E-state index contributed by atoms with van der Waals surface area (Å²) in [6.45, 7) is 5.96. The summed E-state index contributed by atoms with van der Waals surface area (Å²) in [6, 6.07) is 17.0. The van der Waals surface area contributed by atoms with Crippen molar-refractivity contribution in [3.8, 4) is 16.9 Å². The van der Waals surface area contributed by atoms with Gasteiger partial charge in [0.25, 0.3) is 0 Å². The third-order valence-corrected chi connectivity index (χ3v) is 6.34. The lowest BCUT2D eigenvalue weighted by Gasteiger charge is -2.26. The molecule has 1 amide bonds. The van der Waals surface area contributed by atoms with Gasteiger partial charge >= 0.3 is 0 Å². The van der Waals surface area contributed by atoms with E-state index in [4.69, 9.17) is 0 Å². The Labute approximate surface area is 177 Å². The second kappa shape index (κ2) is 8.87. The van der Waals surface area contributed by atoms with Gasteiger partial charge in [0, 0.05) is 24.3 Å². The summed E-state index contributed by atoms with van der Waals surface area (Å²) >= 11 is 1.53. The van der Waals surface area contributed by atoms with Crippen LogP contribution in [0, 0.1) is 13.8 Å². The van der Waals surface area contributed by atoms with E-state index in [1.54, 1.807) is 0 Å². The molecule has 1 fully saturated rings. The van der Waals surface area contributed by atoms with Gasteiger partial charge in [-0.25, -0.2) is 4.98 Å². The summed E-state index contributed by atoms with van der Waals surface area (Å²) in [6.07, 6.45) is 5.38. The minimum atomic E-state index is 0.213. The monoisotopic (exact) mass is 405 g/mol. The summed E-state index contributed by atoms with van der Waals surface area (Å²) in [5.74, 6) is 0.640. The van der Waals surface area contributed by atoms with Crippen molar-refractivity contribution in [1.82, 2.24) is 14.5 Å². The fraction of sp³-hybridized carbons (Fsp3) is 0.333. The quantitative estimate of drug-likeness (QED) is 0.543. The molecule has 150 valence electrons. The second-order valence-corrected chi connectivity index (χ2v) is 8.64. The van der Waals surface area contributed by atoms with Crippen molar-refractivity contribution < 1.29 is 4.79 Å². The van der Waals surface area contributed by atoms with Crippen LogP contribution in [0.4, 0.5) is 0 Å². The number of rotatable bonds is 5. The summed E-state index contributed by atoms with van der Waals surface area (Å²) < 4.78 is 2.16. The van der Waals surface area contributed by atoms with E-state index in [1.807, 2.05) is 11.1 Å². The average Bonchev–Trinajstić information content (AvgIpc) is 3.17. The number of likely N-dealkylation sites (tertiary alicyclic amines) is 1. The van der Waals surface area contributed by atoms with Gasteiger partial charge in [0.2, 0.25) is 5.91 Å². The summed E-state index contributed by atoms with van der Waals surface area (Å²) in [5, 5.41) is 0.856. The number of hydrogen-bond acceptors (Lipinski definition) is 3. The van der Waals surface area contributed by atoms with E-state index in [-0.39, 0.29) is 5.91 Å². The number of piperidine rings is 1. The van der Waals surface area contributed by atoms with Crippen LogP contribution < -0.4 is 0 Å². The zero-order valence-electron chi connectivity index (χ0n) is 17.1. The first-order valence-corrected chi connectivity index (χ1v) is 11.2. The van der Waals surface area contributed by atoms with Crippen molar-refractivity contribution in [2.45, 2.75) is 38.3 Å². The van der Waals surface area contributed by atoms with E-state index < -0.39 is 0 Å². The van der Waals surface area contributed by atoms with E-state index in [0.29, 0.717) is 5.75 Å². The summed E-state index contributed by atoms with van der Waals surface area (Å²) in [5.41, 5.74) is 5.69. The van der Waals surface area contributed by atoms with Crippen LogP contribution in [0.2, 0.25) is 0 Å². The highest BCUT2D eigenvalue weighted by molar-refractivity contribution is 7.99. The molecular weight excluding hydrogens is 378 g/mol. The van der Waals surface area contributed by atoms with Crippen molar-refractivity contribution in [1.29, 1.82) is 0 Å². The number of aryl methyl sites for hydroxylation is 2. The Morgan fingerprint density at radius 3 is 2.21 bits per heavy atom. The van der Waals surface area contributed by atoms with Crippen molar-refractivity contribution >= 4 is 17.7 Å². The molecule has 1 aliphatic rings. The molecule has 0 N–H and O–H groups in total. The van der Waals surface area contributed by atoms with Crippen molar-refractivity contribution in [3.05, 3.63) is 65.9 Å². The molecule has 29 heavy (non-hydrogen) atoms. The predicted octanol–water partition coefficient (Wildman–Crippen LogP) is 5.26. The predicted molar refractivity (Wildman–Crippen MR) is 120 cm³/mol. The standard InChI is InChI=1S/C24H27N3OS/c1-18-6-10-20(11-7-18)22-16-25-24(27(22)21-12-8-19(2)9-13-21)29-17-23(28)26-14-4-3-5-15-26/h6-13,16H,3-5,14-15,17H2,1-2H3. The minimum absolute atomic E-state index is 0.213. The zero-order chi connectivity index (χ0) is 20.2. The Kier molecular flexibility index (Phi) is 6.05. The molecule has 0 spiro atoms. The molecule has 1 saturated heterocycles. The third kappa shape index (κ3) is 4.56. The SMILES string of the molecule is Cc1ccc(-c2cnc(SCC(=O)N3CCCCC3)n2-c2ccc(C)cc2)cc1. The normalized spacial score (nSPS) is 14.2. The topological polar surface area (TPSA) is 38.1 Å². The maximum absolute atomic E-state index is 12.6. The van der Waals surface area contributed by atoms with Gasteiger partial charge in [0.15, 0.2) is 5.16 Å². The number of benzene rings is 2. The van der Waals surface area contributed by atoms with Gasteiger partial charge in [-0.1, -0.05) is 59.3 Å². The number of carbonyl (C=O) groups is 1. The molecule has 0 aliphatic carbocycles. The molecule has 4 nitrogen and oxygen atoms in total. The minimum Gasteiger partial charge on any atom is -0.342 e. The number of amides is 1. The van der Waals surface area contributed by atoms with Gasteiger partial charge in [-0.3, -0.25) is 9.36 Å². The summed E-state index contributed by atoms with van der Waals surface area (Å²) in [7, 11) is 0. The Morgan fingerprint density at radius 2 is 1.55 bits per heavy atom. The Morgan fingerprint density at radius 1 is 0.931 bits per heavy atom. The highest BCUT2D eigenvalue weighted by Crippen LogP contribution is 2.30. The molecule has 4 rings (SSSR count). The van der Waals surface area contributed by atoms with E-state index in [2.05, 4.69) is 71.9 Å². The van der Waals surface area contributed by atoms with E-state index in [1.165, 1.54) is 29.3 Å². The Hall–Kier alpha value is -2.53. The number of thioether (sulfide) groups is 1. The van der Waals surface area contributed by atoms with Crippen LogP contribution in [0.1, 0.15) is 30.4 Å². The van der Waals surface area contributed by atoms with Gasteiger partial charge in [0.05, 0.1) is 17.6 Å². The molecule has 5 heteroatoms. The number of carbonyl (C=O) groups excluding carboxylic acids is 1. The fourth-order valence-electron chi connectivity index (χ4n) is 3.67. The molecule has 0 atom stereocenters. The molecule has 3 aromatic rings. The lowest BCUT2D eigenvalue weighted by atomic mass is 10.1. The third-order valence-electron chi connectivity index (χ3n) is 5.40. The van der Waals surface area contributed by atoms with Gasteiger partial charge < -0.3 is 4.90 Å². The van der Waals surface area contributed by atoms with Crippen LogP contribution in [0.15, 0.2) is 59.9 Å². The maximum Gasteiger partial charge on any atom is 0.233 e. The molecule has 1 aromatic heterocycles. The zero-order valence-corrected chi connectivity index (χ0v) is 17.9. The highest BCUT2D eigenvalue weighted by atomic mass is 32.2. The van der Waals surface area contributed by atoms with Crippen LogP contribution in [0.3, 0.4) is 0 Å². The van der Waals surface area contributed by atoms with Crippen molar-refractivity contribution in [2.24, 2.45) is 0 Å². The van der Waals surface area contributed by atoms with Crippen molar-refractivity contribution in [2.75, 3.05) is 18.8 Å². The Bertz CT molecular complexity index is 970. The molecule has 1 aliphatic heterocycles. The highest BCUT2D eigenvalue weighted by Gasteiger charge is 2.19. The maximum atomic E-state index is 12.6. The summed E-state index contributed by atoms with van der Waals surface area (Å²) in [4.78, 5) is 19.3. The lowest BCUT2D eigenvalue weighted by Crippen LogP contribution is -2.36. The Balaban J connectivity index is 1.63. The van der Waals surface area contributed by atoms with Crippen LogP contribution in [0.25, 0.3) is 16.9 Å². The van der Waals surface area contributed by atoms with Crippen LogP contribution in [-0.4, -0.2) is 39.2 Å². The van der Waals surface area contributed by atoms with E-state index in [9.17, 15) is 4.79 Å². The molecule has 2 heterocycles. The number of hydrogen-bond donors (Lipinski definition) is 0. The van der Waals surface area contributed by atoms with E-state index >= 15 is 0 Å². The van der Waals surface area contributed by atoms with Gasteiger partial charge in [0.1, 0.15) is 0 Å². The number of aromatic nitrogens is 2. The van der Waals surface area contributed by atoms with Crippen LogP contribution >= 0.6 is 11.8 Å². The molecule has 0 unspecified atom stereocenters. The van der Waals surface area contributed by atoms with Gasteiger partial charge in [-0.05, 0) is 45.2 Å². The van der Waals surface area contributed by atoms with Crippen LogP contribution in [0.5, 0.6) is 0 Å². The molecule has 0 bridgehead atoms. The second-order valence-electron chi connectivity index (χ2n) is 7.69. The molecule has 2 aromatic carbocycles. The molecular formula is C24H27N3OS. The van der Waals surface area contributed by atoms with Crippen molar-refractivity contribution in [3.63, 3.8) is 0 Å². The van der Waals surface area contributed by atoms with E-state index in [0.717, 1.165) is 48.0 Å². The largest absolute Gasteiger partial charge is 0.342 e. The average molecular weight is 406 g/mol. The first-order chi connectivity index (χ1) is 14.1. The number of nitrogens with zero attached hydrogens (tertiary/aromatic N) is 3. The van der Waals surface area contributed by atoms with Gasteiger partial charge in [-0.15, -0.1) is 0 Å². The lowest BCUT2D eigenvalue weighted by molar-refractivity contribution is -0.129.